The van der Waals surface area contributed by atoms with Crippen LogP contribution in [0, 0.1) is 0 Å². The van der Waals surface area contributed by atoms with Crippen LogP contribution in [0.5, 0.6) is 0 Å². The maximum Gasteiger partial charge on any atom is 0.417 e. The van der Waals surface area contributed by atoms with Crippen LogP contribution in [0.4, 0.5) is 18.3 Å². The molecule has 1 aromatic carbocycles. The average molecular weight is 329 g/mol. The molecule has 0 spiro atoms. The Morgan fingerprint density at radius 1 is 1.36 bits per heavy atom. The minimum absolute atomic E-state index is 0.0332. The maximum atomic E-state index is 13.0. The van der Waals surface area contributed by atoms with Gasteiger partial charge in [0, 0.05) is 25.0 Å². The van der Waals surface area contributed by atoms with Gasteiger partial charge in [0.2, 0.25) is 5.91 Å². The van der Waals surface area contributed by atoms with E-state index in [1.54, 1.807) is 17.3 Å². The fourth-order valence-corrected chi connectivity index (χ4v) is 2.67. The number of hydrogen-bond acceptors (Lipinski definition) is 4. The van der Waals surface area contributed by atoms with Crippen LogP contribution in [0.25, 0.3) is 11.3 Å². The molecule has 0 saturated heterocycles. The SMILES string of the molecule is CNC(=O)CN(C)c1nc(-c2ccccc2C(F)(F)F)cs1. The second-order valence-electron chi connectivity index (χ2n) is 4.59. The molecular weight excluding hydrogens is 315 g/mol. The molecule has 1 aromatic heterocycles. The number of benzene rings is 1. The van der Waals surface area contributed by atoms with E-state index in [2.05, 4.69) is 10.3 Å². The number of carbonyl (C=O) groups is 1. The van der Waals surface area contributed by atoms with E-state index in [9.17, 15) is 18.0 Å². The number of carbonyl (C=O) groups excluding carboxylic acids is 1. The van der Waals surface area contributed by atoms with Gasteiger partial charge in [-0.15, -0.1) is 11.3 Å². The monoisotopic (exact) mass is 329 g/mol. The summed E-state index contributed by atoms with van der Waals surface area (Å²) in [5, 5.41) is 4.52. The molecule has 8 heteroatoms. The number of halogens is 3. The van der Waals surface area contributed by atoms with Gasteiger partial charge in [0.1, 0.15) is 0 Å². The third kappa shape index (κ3) is 3.56. The van der Waals surface area contributed by atoms with E-state index in [4.69, 9.17) is 0 Å². The van der Waals surface area contributed by atoms with Crippen LogP contribution in [0.3, 0.4) is 0 Å². The van der Waals surface area contributed by atoms with E-state index in [0.29, 0.717) is 5.13 Å². The second kappa shape index (κ2) is 6.35. The van der Waals surface area contributed by atoms with Crippen molar-refractivity contribution in [3.63, 3.8) is 0 Å². The third-order valence-corrected chi connectivity index (χ3v) is 3.94. The Hall–Kier alpha value is -2.09. The summed E-state index contributed by atoms with van der Waals surface area (Å²) < 4.78 is 39.1. The van der Waals surface area contributed by atoms with Gasteiger partial charge < -0.3 is 10.2 Å². The lowest BCUT2D eigenvalue weighted by Crippen LogP contribution is -2.32. The molecule has 118 valence electrons. The number of aromatic nitrogens is 1. The number of rotatable bonds is 4. The zero-order chi connectivity index (χ0) is 16.3. The summed E-state index contributed by atoms with van der Waals surface area (Å²) in [6.07, 6.45) is -4.44. The minimum Gasteiger partial charge on any atom is -0.358 e. The zero-order valence-electron chi connectivity index (χ0n) is 11.9. The van der Waals surface area contributed by atoms with Crippen molar-refractivity contribution in [3.8, 4) is 11.3 Å². The quantitative estimate of drug-likeness (QED) is 0.938. The van der Waals surface area contributed by atoms with Crippen molar-refractivity contribution in [2.75, 3.05) is 25.5 Å². The smallest absolute Gasteiger partial charge is 0.358 e. The van der Waals surface area contributed by atoms with E-state index in [1.807, 2.05) is 0 Å². The van der Waals surface area contributed by atoms with E-state index < -0.39 is 11.7 Å². The molecule has 0 radical (unpaired) electrons. The normalized spacial score (nSPS) is 11.3. The predicted octanol–water partition coefficient (Wildman–Crippen LogP) is 3.01. The van der Waals surface area contributed by atoms with Crippen LogP contribution in [0.2, 0.25) is 0 Å². The Bertz CT molecular complexity index is 669. The first-order valence-electron chi connectivity index (χ1n) is 6.36. The molecule has 0 bridgehead atoms. The van der Waals surface area contributed by atoms with E-state index in [-0.39, 0.29) is 23.7 Å². The summed E-state index contributed by atoms with van der Waals surface area (Å²) in [5.74, 6) is -0.199. The van der Waals surface area contributed by atoms with Crippen molar-refractivity contribution in [2.45, 2.75) is 6.18 Å². The van der Waals surface area contributed by atoms with Crippen molar-refractivity contribution in [1.82, 2.24) is 10.3 Å². The van der Waals surface area contributed by atoms with E-state index >= 15 is 0 Å². The number of amides is 1. The molecule has 0 saturated carbocycles. The summed E-state index contributed by atoms with van der Waals surface area (Å²) >= 11 is 1.19. The number of nitrogens with one attached hydrogen (secondary N) is 1. The Kier molecular flexibility index (Phi) is 4.70. The van der Waals surface area contributed by atoms with Crippen molar-refractivity contribution < 1.29 is 18.0 Å². The summed E-state index contributed by atoms with van der Waals surface area (Å²) in [6, 6.07) is 5.30. The zero-order valence-corrected chi connectivity index (χ0v) is 12.8. The summed E-state index contributed by atoms with van der Waals surface area (Å²) in [4.78, 5) is 17.1. The first-order chi connectivity index (χ1) is 10.3. The highest BCUT2D eigenvalue weighted by Crippen LogP contribution is 2.38. The van der Waals surface area contributed by atoms with Gasteiger partial charge in [-0.05, 0) is 6.07 Å². The number of alkyl halides is 3. The Labute approximate surface area is 129 Å². The van der Waals surface area contributed by atoms with Crippen LogP contribution in [-0.4, -0.2) is 31.5 Å². The Balaban J connectivity index is 2.31. The van der Waals surface area contributed by atoms with Gasteiger partial charge in [0.05, 0.1) is 17.8 Å². The predicted molar refractivity (Wildman–Crippen MR) is 79.9 cm³/mol. The Morgan fingerprint density at radius 2 is 2.05 bits per heavy atom. The molecule has 0 fully saturated rings. The van der Waals surface area contributed by atoms with Crippen LogP contribution >= 0.6 is 11.3 Å². The van der Waals surface area contributed by atoms with Crippen LogP contribution in [0.15, 0.2) is 29.6 Å². The first-order valence-corrected chi connectivity index (χ1v) is 7.24. The lowest BCUT2D eigenvalue weighted by atomic mass is 10.1. The summed E-state index contributed by atoms with van der Waals surface area (Å²) in [5.41, 5.74) is -0.441. The van der Waals surface area contributed by atoms with Gasteiger partial charge in [-0.1, -0.05) is 18.2 Å². The highest BCUT2D eigenvalue weighted by Gasteiger charge is 2.33. The lowest BCUT2D eigenvalue weighted by molar-refractivity contribution is -0.137. The van der Waals surface area contributed by atoms with Gasteiger partial charge in [0.25, 0.3) is 0 Å². The lowest BCUT2D eigenvalue weighted by Gasteiger charge is -2.14. The average Bonchev–Trinajstić information content (AvgIpc) is 2.96. The summed E-state index contributed by atoms with van der Waals surface area (Å²) in [6.45, 7) is 0.0877. The third-order valence-electron chi connectivity index (χ3n) is 2.99. The molecule has 2 aromatic rings. The molecule has 1 amide bonds. The summed E-state index contributed by atoms with van der Waals surface area (Å²) in [7, 11) is 3.18. The molecule has 0 aliphatic heterocycles. The highest BCUT2D eigenvalue weighted by molar-refractivity contribution is 7.14. The van der Waals surface area contributed by atoms with Crippen LogP contribution < -0.4 is 10.2 Å². The van der Waals surface area contributed by atoms with Gasteiger partial charge in [0.15, 0.2) is 5.13 Å². The molecule has 4 nitrogen and oxygen atoms in total. The standard InChI is InChI=1S/C14H14F3N3OS/c1-18-12(21)7-20(2)13-19-11(8-22-13)9-5-3-4-6-10(9)14(15,16)17/h3-6,8H,7H2,1-2H3,(H,18,21). The second-order valence-corrected chi connectivity index (χ2v) is 5.42. The molecule has 22 heavy (non-hydrogen) atoms. The molecule has 0 aliphatic carbocycles. The van der Waals surface area contributed by atoms with E-state index in [0.717, 1.165) is 6.07 Å². The van der Waals surface area contributed by atoms with Crippen molar-refractivity contribution in [2.24, 2.45) is 0 Å². The van der Waals surface area contributed by atoms with Crippen molar-refractivity contribution in [3.05, 3.63) is 35.2 Å². The fraction of sp³-hybridized carbons (Fsp3) is 0.286. The van der Waals surface area contributed by atoms with Crippen molar-refractivity contribution >= 4 is 22.4 Å². The van der Waals surface area contributed by atoms with Crippen LogP contribution in [-0.2, 0) is 11.0 Å². The topological polar surface area (TPSA) is 45.2 Å². The van der Waals surface area contributed by atoms with Crippen LogP contribution in [0.1, 0.15) is 5.56 Å². The number of nitrogens with zero attached hydrogens (tertiary/aromatic N) is 2. The largest absolute Gasteiger partial charge is 0.417 e. The van der Waals surface area contributed by atoms with Gasteiger partial charge in [-0.25, -0.2) is 4.98 Å². The fourth-order valence-electron chi connectivity index (χ4n) is 1.88. The first kappa shape index (κ1) is 16.3. The molecule has 1 heterocycles. The van der Waals surface area contributed by atoms with Gasteiger partial charge in [-0.2, -0.15) is 13.2 Å². The highest BCUT2D eigenvalue weighted by atomic mass is 32.1. The number of hydrogen-bond donors (Lipinski definition) is 1. The van der Waals surface area contributed by atoms with E-state index in [1.165, 1.54) is 36.6 Å². The molecule has 2 rings (SSSR count). The molecule has 0 unspecified atom stereocenters. The molecule has 0 aliphatic rings. The molecule has 1 N–H and O–H groups in total. The van der Waals surface area contributed by atoms with Gasteiger partial charge in [-0.3, -0.25) is 4.79 Å². The number of thiazole rings is 1. The Morgan fingerprint density at radius 3 is 2.68 bits per heavy atom. The number of anilines is 1. The minimum atomic E-state index is -4.44. The van der Waals surface area contributed by atoms with Crippen molar-refractivity contribution in [1.29, 1.82) is 0 Å². The molecule has 0 atom stereocenters. The van der Waals surface area contributed by atoms with Gasteiger partial charge >= 0.3 is 6.18 Å². The number of likely N-dealkylation sites (N-methyl/N-ethyl adjacent to an activating group) is 2. The molecular formula is C14H14F3N3OS. The maximum absolute atomic E-state index is 13.0.